The highest BCUT2D eigenvalue weighted by atomic mass is 35.5. The van der Waals surface area contributed by atoms with Crippen LogP contribution in [0, 0.1) is 5.82 Å². The molecule has 0 radical (unpaired) electrons. The number of ether oxygens (including phenoxy) is 1. The Balaban J connectivity index is 2.26. The van der Waals surface area contributed by atoms with Gasteiger partial charge in [-0.1, -0.05) is 23.7 Å². The lowest BCUT2D eigenvalue weighted by Crippen LogP contribution is -2.09. The molecule has 21 heavy (non-hydrogen) atoms. The minimum absolute atomic E-state index is 0.0342. The molecule has 106 valence electrons. The van der Waals surface area contributed by atoms with E-state index in [9.17, 15) is 9.18 Å². The molecule has 0 saturated heterocycles. The Bertz CT molecular complexity index is 892. The number of benzene rings is 2. The van der Waals surface area contributed by atoms with Crippen LogP contribution in [0.3, 0.4) is 0 Å². The van der Waals surface area contributed by atoms with Crippen molar-refractivity contribution in [2.45, 2.75) is 0 Å². The molecule has 0 amide bonds. The van der Waals surface area contributed by atoms with Gasteiger partial charge >= 0.3 is 0 Å². The van der Waals surface area contributed by atoms with Gasteiger partial charge in [-0.15, -0.1) is 0 Å². The van der Waals surface area contributed by atoms with E-state index in [2.05, 4.69) is 9.97 Å². The number of fused-ring (bicyclic) bond motifs is 1. The molecule has 2 aromatic carbocycles. The number of hydrogen-bond acceptors (Lipinski definition) is 3. The van der Waals surface area contributed by atoms with Crippen molar-refractivity contribution in [1.29, 1.82) is 0 Å². The normalized spacial score (nSPS) is 10.8. The smallest absolute Gasteiger partial charge is 0.259 e. The zero-order chi connectivity index (χ0) is 15.0. The molecule has 1 heterocycles. The topological polar surface area (TPSA) is 55.0 Å². The minimum Gasteiger partial charge on any atom is -0.494 e. The second-order valence-electron chi connectivity index (χ2n) is 4.38. The van der Waals surface area contributed by atoms with Crippen LogP contribution < -0.4 is 10.3 Å². The van der Waals surface area contributed by atoms with Gasteiger partial charge in [0.15, 0.2) is 11.6 Å². The van der Waals surface area contributed by atoms with Gasteiger partial charge in [0.1, 0.15) is 5.82 Å². The van der Waals surface area contributed by atoms with Crippen molar-refractivity contribution < 1.29 is 9.13 Å². The number of methoxy groups -OCH3 is 1. The minimum atomic E-state index is -0.688. The van der Waals surface area contributed by atoms with Gasteiger partial charge in [0.2, 0.25) is 0 Å². The number of aromatic amines is 1. The molecule has 6 heteroatoms. The monoisotopic (exact) mass is 304 g/mol. The molecule has 0 unspecified atom stereocenters. The van der Waals surface area contributed by atoms with Crippen molar-refractivity contribution in [2.75, 3.05) is 7.11 Å². The summed E-state index contributed by atoms with van der Waals surface area (Å²) < 4.78 is 18.8. The lowest BCUT2D eigenvalue weighted by atomic mass is 10.1. The van der Waals surface area contributed by atoms with Gasteiger partial charge in [0.25, 0.3) is 5.56 Å². The van der Waals surface area contributed by atoms with Gasteiger partial charge in [-0.25, -0.2) is 9.37 Å². The van der Waals surface area contributed by atoms with E-state index in [4.69, 9.17) is 16.3 Å². The summed E-state index contributed by atoms with van der Waals surface area (Å²) >= 11 is 6.00. The van der Waals surface area contributed by atoms with E-state index >= 15 is 0 Å². The standard InChI is InChI=1S/C15H10ClFN2O2/c1-21-11-7-6-9(12(16)13(11)17)14-18-10-5-3-2-4-8(10)15(20)19-14/h2-7H,1H3,(H,18,19,20). The fraction of sp³-hybridized carbons (Fsp3) is 0.0667. The molecule has 0 fully saturated rings. The highest BCUT2D eigenvalue weighted by Gasteiger charge is 2.15. The van der Waals surface area contributed by atoms with E-state index in [-0.39, 0.29) is 22.2 Å². The second kappa shape index (κ2) is 5.18. The lowest BCUT2D eigenvalue weighted by molar-refractivity contribution is 0.387. The number of rotatable bonds is 2. The van der Waals surface area contributed by atoms with Gasteiger partial charge in [-0.3, -0.25) is 4.79 Å². The van der Waals surface area contributed by atoms with Crippen LogP contribution in [0.25, 0.3) is 22.3 Å². The second-order valence-corrected chi connectivity index (χ2v) is 4.75. The summed E-state index contributed by atoms with van der Waals surface area (Å²) in [5.41, 5.74) is 0.518. The molecule has 3 aromatic rings. The summed E-state index contributed by atoms with van der Waals surface area (Å²) in [7, 11) is 1.35. The predicted octanol–water partition coefficient (Wildman–Crippen LogP) is 3.39. The van der Waals surface area contributed by atoms with Crippen molar-refractivity contribution in [1.82, 2.24) is 9.97 Å². The Morgan fingerprint density at radius 3 is 2.76 bits per heavy atom. The van der Waals surface area contributed by atoms with Crippen molar-refractivity contribution in [2.24, 2.45) is 0 Å². The zero-order valence-electron chi connectivity index (χ0n) is 11.0. The van der Waals surface area contributed by atoms with Crippen LogP contribution in [-0.4, -0.2) is 17.1 Å². The number of aromatic nitrogens is 2. The molecular weight excluding hydrogens is 295 g/mol. The maximum Gasteiger partial charge on any atom is 0.259 e. The first-order valence-corrected chi connectivity index (χ1v) is 6.51. The Labute approximate surface area is 124 Å². The third kappa shape index (κ3) is 2.25. The summed E-state index contributed by atoms with van der Waals surface area (Å²) in [4.78, 5) is 19.0. The van der Waals surface area contributed by atoms with Gasteiger partial charge < -0.3 is 9.72 Å². The van der Waals surface area contributed by atoms with E-state index in [1.807, 2.05) is 0 Å². The number of para-hydroxylation sites is 1. The van der Waals surface area contributed by atoms with Crippen molar-refractivity contribution in [3.05, 3.63) is 57.6 Å². The van der Waals surface area contributed by atoms with E-state index < -0.39 is 5.82 Å². The number of hydrogen-bond donors (Lipinski definition) is 1. The molecule has 0 saturated carbocycles. The Morgan fingerprint density at radius 1 is 1.24 bits per heavy atom. The molecule has 3 rings (SSSR count). The molecule has 0 aliphatic rings. The largest absolute Gasteiger partial charge is 0.494 e. The molecule has 0 aliphatic heterocycles. The maximum absolute atomic E-state index is 14.0. The zero-order valence-corrected chi connectivity index (χ0v) is 11.7. The highest BCUT2D eigenvalue weighted by Crippen LogP contribution is 2.33. The molecule has 1 aromatic heterocycles. The Kier molecular flexibility index (Phi) is 3.35. The fourth-order valence-electron chi connectivity index (χ4n) is 2.09. The van der Waals surface area contributed by atoms with Crippen LogP contribution in [0.4, 0.5) is 4.39 Å². The summed E-state index contributed by atoms with van der Waals surface area (Å²) in [6.45, 7) is 0. The third-order valence-corrected chi connectivity index (χ3v) is 3.50. The van der Waals surface area contributed by atoms with Crippen LogP contribution in [0.5, 0.6) is 5.75 Å². The van der Waals surface area contributed by atoms with Gasteiger partial charge in [-0.05, 0) is 24.3 Å². The quantitative estimate of drug-likeness (QED) is 0.789. The van der Waals surface area contributed by atoms with Crippen molar-refractivity contribution in [3.63, 3.8) is 0 Å². The Hall–Kier alpha value is -2.40. The van der Waals surface area contributed by atoms with E-state index in [1.165, 1.54) is 13.2 Å². The van der Waals surface area contributed by atoms with Crippen molar-refractivity contribution in [3.8, 4) is 17.1 Å². The molecule has 4 nitrogen and oxygen atoms in total. The molecule has 0 atom stereocenters. The maximum atomic E-state index is 14.0. The van der Waals surface area contributed by atoms with Crippen LogP contribution in [0.15, 0.2) is 41.2 Å². The van der Waals surface area contributed by atoms with Crippen molar-refractivity contribution >= 4 is 22.5 Å². The number of H-pyrrole nitrogens is 1. The first kappa shape index (κ1) is 13.6. The Morgan fingerprint density at radius 2 is 2.00 bits per heavy atom. The van der Waals surface area contributed by atoms with Gasteiger partial charge in [0, 0.05) is 5.56 Å². The average molecular weight is 305 g/mol. The summed E-state index contributed by atoms with van der Waals surface area (Å²) in [6.07, 6.45) is 0. The summed E-state index contributed by atoms with van der Waals surface area (Å²) in [5.74, 6) is -0.440. The fourth-order valence-corrected chi connectivity index (χ4v) is 2.33. The summed E-state index contributed by atoms with van der Waals surface area (Å²) in [6, 6.07) is 9.89. The molecule has 0 aliphatic carbocycles. The molecule has 1 N–H and O–H groups in total. The number of nitrogens with one attached hydrogen (secondary N) is 1. The van der Waals surface area contributed by atoms with E-state index in [0.717, 1.165) is 0 Å². The molecule has 0 bridgehead atoms. The number of halogens is 2. The molecular formula is C15H10ClFN2O2. The van der Waals surface area contributed by atoms with E-state index in [1.54, 1.807) is 30.3 Å². The van der Waals surface area contributed by atoms with Gasteiger partial charge in [0.05, 0.1) is 23.0 Å². The van der Waals surface area contributed by atoms with Gasteiger partial charge in [-0.2, -0.15) is 0 Å². The third-order valence-electron chi connectivity index (χ3n) is 3.13. The first-order valence-electron chi connectivity index (χ1n) is 6.13. The van der Waals surface area contributed by atoms with Crippen LogP contribution in [0.2, 0.25) is 5.02 Å². The van der Waals surface area contributed by atoms with E-state index in [0.29, 0.717) is 16.5 Å². The van der Waals surface area contributed by atoms with Crippen LogP contribution in [0.1, 0.15) is 0 Å². The summed E-state index contributed by atoms with van der Waals surface area (Å²) in [5, 5.41) is 0.319. The van der Waals surface area contributed by atoms with Crippen LogP contribution >= 0.6 is 11.6 Å². The highest BCUT2D eigenvalue weighted by molar-refractivity contribution is 6.33. The SMILES string of the molecule is COc1ccc(-c2nc3ccccc3c(=O)[nH]2)c(Cl)c1F. The van der Waals surface area contributed by atoms with Crippen LogP contribution in [-0.2, 0) is 0 Å². The average Bonchev–Trinajstić information content (AvgIpc) is 2.50. The lowest BCUT2D eigenvalue weighted by Gasteiger charge is -2.08. The predicted molar refractivity (Wildman–Crippen MR) is 79.3 cm³/mol. The number of nitrogens with zero attached hydrogens (tertiary/aromatic N) is 1. The first-order chi connectivity index (χ1) is 10.1. The molecule has 0 spiro atoms.